The van der Waals surface area contributed by atoms with E-state index in [1.807, 2.05) is 0 Å². The van der Waals surface area contributed by atoms with Crippen LogP contribution in [0.1, 0.15) is 6.92 Å². The predicted molar refractivity (Wildman–Crippen MR) is 59.3 cm³/mol. The molecule has 0 fully saturated rings. The van der Waals surface area contributed by atoms with Gasteiger partial charge >= 0.3 is 10.1 Å². The second-order valence-corrected chi connectivity index (χ2v) is 5.06. The average molecular weight is 301 g/mol. The zero-order chi connectivity index (χ0) is 15.4. The lowest BCUT2D eigenvalue weighted by molar-refractivity contribution is -0.132. The first-order valence-electron chi connectivity index (χ1n) is 4.95. The SMILES string of the molecule is CC(=O)N[C@H](C(=O)S(=O)(=O)O)[C@@H](O)[C@H](O)[C@H](O)CO. The van der Waals surface area contributed by atoms with Gasteiger partial charge in [0.2, 0.25) is 5.91 Å². The molecule has 112 valence electrons. The first-order chi connectivity index (χ1) is 8.52. The van der Waals surface area contributed by atoms with Crippen LogP contribution < -0.4 is 5.32 Å². The molecule has 0 aromatic heterocycles. The maximum absolute atomic E-state index is 11.3. The van der Waals surface area contributed by atoms with Crippen molar-refractivity contribution in [3.8, 4) is 0 Å². The van der Waals surface area contributed by atoms with Gasteiger partial charge in [0.15, 0.2) is 0 Å². The summed E-state index contributed by atoms with van der Waals surface area (Å²) < 4.78 is 29.9. The Morgan fingerprint density at radius 1 is 1.16 bits per heavy atom. The fraction of sp³-hybridized carbons (Fsp3) is 0.750. The molecule has 0 unspecified atom stereocenters. The van der Waals surface area contributed by atoms with Gasteiger partial charge < -0.3 is 25.7 Å². The summed E-state index contributed by atoms with van der Waals surface area (Å²) in [6.07, 6.45) is -6.24. The molecule has 0 aliphatic heterocycles. The molecule has 19 heavy (non-hydrogen) atoms. The third kappa shape index (κ3) is 5.18. The molecule has 6 N–H and O–H groups in total. The van der Waals surface area contributed by atoms with Gasteiger partial charge in [0, 0.05) is 6.92 Å². The molecule has 4 atom stereocenters. The molecule has 0 aromatic carbocycles. The first kappa shape index (κ1) is 17.9. The van der Waals surface area contributed by atoms with Crippen molar-refractivity contribution in [2.45, 2.75) is 31.3 Å². The molecule has 0 radical (unpaired) electrons. The lowest BCUT2D eigenvalue weighted by Gasteiger charge is -2.27. The first-order valence-corrected chi connectivity index (χ1v) is 6.39. The minimum absolute atomic E-state index is 0.895. The summed E-state index contributed by atoms with van der Waals surface area (Å²) in [5.74, 6) is -0.924. The molecule has 0 spiro atoms. The summed E-state index contributed by atoms with van der Waals surface area (Å²) in [5, 5.41) is 36.3. The van der Waals surface area contributed by atoms with Crippen LogP contribution in [-0.2, 0) is 19.7 Å². The molecular weight excluding hydrogens is 286 g/mol. The van der Waals surface area contributed by atoms with Crippen LogP contribution in [0.4, 0.5) is 0 Å². The summed E-state index contributed by atoms with van der Waals surface area (Å²) in [6.45, 7) is -0.0864. The fourth-order valence-electron chi connectivity index (χ4n) is 1.20. The van der Waals surface area contributed by atoms with E-state index in [0.717, 1.165) is 6.92 Å². The van der Waals surface area contributed by atoms with Gasteiger partial charge in [-0.15, -0.1) is 0 Å². The second kappa shape index (κ2) is 6.88. The van der Waals surface area contributed by atoms with Crippen molar-refractivity contribution >= 4 is 21.1 Å². The molecule has 0 bridgehead atoms. The summed E-state index contributed by atoms with van der Waals surface area (Å²) in [4.78, 5) is 22.1. The van der Waals surface area contributed by atoms with Gasteiger partial charge in [-0.3, -0.25) is 14.1 Å². The number of amides is 1. The highest BCUT2D eigenvalue weighted by atomic mass is 32.2. The summed E-state index contributed by atoms with van der Waals surface area (Å²) in [7, 11) is -5.23. The van der Waals surface area contributed by atoms with Crippen LogP contribution in [0.5, 0.6) is 0 Å². The van der Waals surface area contributed by atoms with Crippen LogP contribution in [0, 0.1) is 0 Å². The van der Waals surface area contributed by atoms with E-state index in [1.165, 1.54) is 0 Å². The maximum Gasteiger partial charge on any atom is 0.331 e. The van der Waals surface area contributed by atoms with Crippen LogP contribution in [-0.4, -0.2) is 75.4 Å². The highest BCUT2D eigenvalue weighted by molar-refractivity contribution is 8.01. The lowest BCUT2D eigenvalue weighted by atomic mass is 10.0. The van der Waals surface area contributed by atoms with E-state index in [1.54, 1.807) is 5.32 Å². The third-order valence-corrected chi connectivity index (χ3v) is 2.90. The normalized spacial score (nSPS) is 18.2. The molecule has 1 amide bonds. The number of rotatable bonds is 6. The van der Waals surface area contributed by atoms with E-state index < -0.39 is 52.1 Å². The van der Waals surface area contributed by atoms with E-state index >= 15 is 0 Å². The topological polar surface area (TPSA) is 181 Å². The number of nitrogens with one attached hydrogen (secondary N) is 1. The number of aliphatic hydroxyl groups is 4. The van der Waals surface area contributed by atoms with Gasteiger partial charge in [-0.1, -0.05) is 0 Å². The Balaban J connectivity index is 5.26. The van der Waals surface area contributed by atoms with Crippen LogP contribution in [0.15, 0.2) is 0 Å². The Morgan fingerprint density at radius 3 is 1.95 bits per heavy atom. The van der Waals surface area contributed by atoms with Gasteiger partial charge in [-0.05, 0) is 0 Å². The summed E-state index contributed by atoms with van der Waals surface area (Å²) >= 11 is 0. The van der Waals surface area contributed by atoms with Gasteiger partial charge in [0.25, 0.3) is 5.12 Å². The van der Waals surface area contributed by atoms with Crippen molar-refractivity contribution in [2.24, 2.45) is 0 Å². The second-order valence-electron chi connectivity index (χ2n) is 3.70. The molecule has 0 aliphatic rings. The number of carbonyl (C=O) groups excluding carboxylic acids is 2. The van der Waals surface area contributed by atoms with Crippen molar-refractivity contribution < 1.29 is 43.0 Å². The summed E-state index contributed by atoms with van der Waals surface area (Å²) in [5.41, 5.74) is 0. The number of aliphatic hydroxyl groups excluding tert-OH is 4. The summed E-state index contributed by atoms with van der Waals surface area (Å²) in [6, 6.07) is -2.19. The van der Waals surface area contributed by atoms with Crippen LogP contribution >= 0.6 is 0 Å². The van der Waals surface area contributed by atoms with Gasteiger partial charge in [0.1, 0.15) is 24.4 Å². The van der Waals surface area contributed by atoms with E-state index in [-0.39, 0.29) is 0 Å². The molecule has 0 aliphatic carbocycles. The minimum Gasteiger partial charge on any atom is -0.394 e. The zero-order valence-electron chi connectivity index (χ0n) is 9.79. The number of carbonyl (C=O) groups is 2. The quantitative estimate of drug-likeness (QED) is 0.266. The zero-order valence-corrected chi connectivity index (χ0v) is 10.6. The average Bonchev–Trinajstić information content (AvgIpc) is 2.30. The Kier molecular flexibility index (Phi) is 6.48. The molecular formula is C8H15NO9S. The molecule has 11 heteroatoms. The fourth-order valence-corrected chi connectivity index (χ4v) is 1.72. The Morgan fingerprint density at radius 2 is 1.63 bits per heavy atom. The largest absolute Gasteiger partial charge is 0.394 e. The van der Waals surface area contributed by atoms with E-state index in [9.17, 15) is 28.2 Å². The van der Waals surface area contributed by atoms with Crippen molar-refractivity contribution in [1.82, 2.24) is 5.32 Å². The highest BCUT2D eigenvalue weighted by Crippen LogP contribution is 2.08. The van der Waals surface area contributed by atoms with Crippen molar-refractivity contribution in [3.63, 3.8) is 0 Å². The standard InChI is InChI=1S/C8H15NO9S/c1-3(11)9-5(8(15)19(16,17)18)7(14)6(13)4(12)2-10/h4-7,10,12-14H,2H2,1H3,(H,9,11)(H,16,17,18)/t4-,5+,6-,7-/m1/s1. The van der Waals surface area contributed by atoms with Gasteiger partial charge in [-0.25, -0.2) is 0 Å². The number of hydrogen-bond acceptors (Lipinski definition) is 8. The van der Waals surface area contributed by atoms with Crippen LogP contribution in [0.3, 0.4) is 0 Å². The Labute approximate surface area is 108 Å². The van der Waals surface area contributed by atoms with Crippen LogP contribution in [0.25, 0.3) is 0 Å². The molecule has 0 heterocycles. The van der Waals surface area contributed by atoms with E-state index in [2.05, 4.69) is 0 Å². The highest BCUT2D eigenvalue weighted by Gasteiger charge is 2.40. The Hall–Kier alpha value is -1.11. The molecule has 0 saturated heterocycles. The maximum atomic E-state index is 11.3. The van der Waals surface area contributed by atoms with Crippen molar-refractivity contribution in [3.05, 3.63) is 0 Å². The molecule has 10 nitrogen and oxygen atoms in total. The van der Waals surface area contributed by atoms with Crippen molar-refractivity contribution in [2.75, 3.05) is 6.61 Å². The molecule has 0 rings (SSSR count). The monoisotopic (exact) mass is 301 g/mol. The van der Waals surface area contributed by atoms with Gasteiger partial charge in [-0.2, -0.15) is 8.42 Å². The lowest BCUT2D eigenvalue weighted by Crippen LogP contribution is -2.57. The number of hydrogen-bond donors (Lipinski definition) is 6. The molecule has 0 aromatic rings. The minimum atomic E-state index is -5.23. The Bertz CT molecular complexity index is 434. The van der Waals surface area contributed by atoms with E-state index in [0.29, 0.717) is 0 Å². The smallest absolute Gasteiger partial charge is 0.331 e. The van der Waals surface area contributed by atoms with Crippen molar-refractivity contribution in [1.29, 1.82) is 0 Å². The third-order valence-electron chi connectivity index (χ3n) is 2.14. The van der Waals surface area contributed by atoms with E-state index in [4.69, 9.17) is 14.8 Å². The molecule has 0 saturated carbocycles. The van der Waals surface area contributed by atoms with Crippen LogP contribution in [0.2, 0.25) is 0 Å². The predicted octanol–water partition coefficient (Wildman–Crippen LogP) is -4.02. The van der Waals surface area contributed by atoms with Gasteiger partial charge in [0.05, 0.1) is 6.61 Å².